The average molecular weight is 273 g/mol. The number of hydrogen-bond donors (Lipinski definition) is 2. The quantitative estimate of drug-likeness (QED) is 0.829. The lowest BCUT2D eigenvalue weighted by Gasteiger charge is -2.03. The van der Waals surface area contributed by atoms with Crippen LogP contribution < -0.4 is 4.74 Å². The SMILES string of the molecule is COc1cc(C=C(Br)C(=O)O)ccc1O. The van der Waals surface area contributed by atoms with E-state index in [2.05, 4.69) is 15.9 Å². The highest BCUT2D eigenvalue weighted by molar-refractivity contribution is 9.12. The Bertz CT molecular complexity index is 412. The van der Waals surface area contributed by atoms with Gasteiger partial charge in [-0.1, -0.05) is 6.07 Å². The number of rotatable bonds is 3. The van der Waals surface area contributed by atoms with Gasteiger partial charge in [-0.05, 0) is 39.7 Å². The highest BCUT2D eigenvalue weighted by atomic mass is 79.9. The maximum absolute atomic E-state index is 10.5. The van der Waals surface area contributed by atoms with Gasteiger partial charge in [-0.15, -0.1) is 0 Å². The molecule has 0 saturated carbocycles. The Balaban J connectivity index is 3.07. The van der Waals surface area contributed by atoms with E-state index in [1.54, 1.807) is 12.1 Å². The van der Waals surface area contributed by atoms with Crippen LogP contribution in [0.5, 0.6) is 11.5 Å². The van der Waals surface area contributed by atoms with E-state index in [4.69, 9.17) is 9.84 Å². The van der Waals surface area contributed by atoms with Crippen molar-refractivity contribution in [2.45, 2.75) is 0 Å². The van der Waals surface area contributed by atoms with Crippen LogP contribution in [0.4, 0.5) is 0 Å². The molecule has 0 atom stereocenters. The molecule has 0 aliphatic heterocycles. The van der Waals surface area contributed by atoms with Gasteiger partial charge in [0.2, 0.25) is 0 Å². The number of aliphatic carboxylic acids is 1. The number of phenolic OH excluding ortho intramolecular Hbond substituents is 1. The lowest BCUT2D eigenvalue weighted by molar-refractivity contribution is -0.131. The van der Waals surface area contributed by atoms with Crippen molar-refractivity contribution in [1.82, 2.24) is 0 Å². The van der Waals surface area contributed by atoms with E-state index in [0.717, 1.165) is 0 Å². The first-order valence-corrected chi connectivity index (χ1v) is 4.81. The summed E-state index contributed by atoms with van der Waals surface area (Å²) in [5.74, 6) is -0.738. The van der Waals surface area contributed by atoms with Crippen molar-refractivity contribution in [3.05, 3.63) is 28.2 Å². The minimum atomic E-state index is -1.05. The van der Waals surface area contributed by atoms with Crippen LogP contribution in [-0.4, -0.2) is 23.3 Å². The second-order valence-corrected chi connectivity index (χ2v) is 3.58. The third-order valence-electron chi connectivity index (χ3n) is 1.70. The van der Waals surface area contributed by atoms with Gasteiger partial charge in [0.05, 0.1) is 7.11 Å². The molecule has 0 unspecified atom stereocenters. The summed E-state index contributed by atoms with van der Waals surface area (Å²) >= 11 is 2.90. The van der Waals surface area contributed by atoms with Crippen molar-refractivity contribution in [2.75, 3.05) is 7.11 Å². The van der Waals surface area contributed by atoms with Crippen molar-refractivity contribution < 1.29 is 19.7 Å². The van der Waals surface area contributed by atoms with E-state index in [1.807, 2.05) is 0 Å². The van der Waals surface area contributed by atoms with Gasteiger partial charge in [0.25, 0.3) is 0 Å². The maximum atomic E-state index is 10.5. The summed E-state index contributed by atoms with van der Waals surface area (Å²) in [7, 11) is 1.43. The standard InChI is InChI=1S/C10H9BrO4/c1-15-9-5-6(2-3-8(9)12)4-7(11)10(13)14/h2-5,12H,1H3,(H,13,14). The van der Waals surface area contributed by atoms with Crippen molar-refractivity contribution in [3.8, 4) is 11.5 Å². The minimum absolute atomic E-state index is 0.0149. The molecule has 0 saturated heterocycles. The topological polar surface area (TPSA) is 66.8 Å². The van der Waals surface area contributed by atoms with Crippen molar-refractivity contribution in [3.63, 3.8) is 0 Å². The number of aromatic hydroxyl groups is 1. The Hall–Kier alpha value is -1.49. The Morgan fingerprint density at radius 2 is 2.20 bits per heavy atom. The van der Waals surface area contributed by atoms with E-state index in [-0.39, 0.29) is 10.2 Å². The van der Waals surface area contributed by atoms with Crippen LogP contribution in [0.25, 0.3) is 6.08 Å². The monoisotopic (exact) mass is 272 g/mol. The normalized spacial score (nSPS) is 11.2. The molecule has 0 aliphatic rings. The summed E-state index contributed by atoms with van der Waals surface area (Å²) < 4.78 is 4.92. The number of ether oxygens (including phenoxy) is 1. The molecular formula is C10H9BrO4. The fourth-order valence-electron chi connectivity index (χ4n) is 0.992. The molecule has 1 aromatic carbocycles. The van der Waals surface area contributed by atoms with Crippen LogP contribution in [0.3, 0.4) is 0 Å². The fourth-order valence-corrected chi connectivity index (χ4v) is 1.26. The Morgan fingerprint density at radius 3 is 2.73 bits per heavy atom. The highest BCUT2D eigenvalue weighted by Crippen LogP contribution is 2.27. The molecule has 2 N–H and O–H groups in total. The summed E-state index contributed by atoms with van der Waals surface area (Å²) in [5, 5.41) is 17.9. The first kappa shape index (κ1) is 11.6. The van der Waals surface area contributed by atoms with E-state index in [0.29, 0.717) is 11.3 Å². The Morgan fingerprint density at radius 1 is 1.53 bits per heavy atom. The molecule has 80 valence electrons. The van der Waals surface area contributed by atoms with Gasteiger partial charge in [0.1, 0.15) is 4.48 Å². The van der Waals surface area contributed by atoms with Crippen LogP contribution in [0.15, 0.2) is 22.7 Å². The third kappa shape index (κ3) is 2.99. The summed E-state index contributed by atoms with van der Waals surface area (Å²) in [6, 6.07) is 4.56. The molecule has 0 aromatic heterocycles. The summed E-state index contributed by atoms with van der Waals surface area (Å²) in [6.45, 7) is 0. The van der Waals surface area contributed by atoms with Gasteiger partial charge in [-0.25, -0.2) is 4.79 Å². The molecule has 1 aromatic rings. The van der Waals surface area contributed by atoms with Crippen LogP contribution in [0.1, 0.15) is 5.56 Å². The third-order valence-corrected chi connectivity index (χ3v) is 2.27. The van der Waals surface area contributed by atoms with Gasteiger partial charge < -0.3 is 14.9 Å². The second kappa shape index (κ2) is 4.84. The molecule has 0 bridgehead atoms. The van der Waals surface area contributed by atoms with E-state index in [9.17, 15) is 9.90 Å². The highest BCUT2D eigenvalue weighted by Gasteiger charge is 2.04. The molecule has 0 spiro atoms. The van der Waals surface area contributed by atoms with Gasteiger partial charge in [-0.3, -0.25) is 0 Å². The minimum Gasteiger partial charge on any atom is -0.504 e. The van der Waals surface area contributed by atoms with E-state index >= 15 is 0 Å². The van der Waals surface area contributed by atoms with Crippen molar-refractivity contribution in [1.29, 1.82) is 0 Å². The van der Waals surface area contributed by atoms with Crippen molar-refractivity contribution in [2.24, 2.45) is 0 Å². The summed E-state index contributed by atoms with van der Waals surface area (Å²) in [4.78, 5) is 10.5. The number of phenols is 1. The lowest BCUT2D eigenvalue weighted by Crippen LogP contribution is -1.92. The maximum Gasteiger partial charge on any atom is 0.342 e. The number of methoxy groups -OCH3 is 1. The van der Waals surface area contributed by atoms with E-state index < -0.39 is 5.97 Å². The number of carboxylic acid groups (broad SMARTS) is 1. The number of carbonyl (C=O) groups is 1. The number of benzene rings is 1. The molecule has 0 heterocycles. The van der Waals surface area contributed by atoms with Crippen LogP contribution in [0, 0.1) is 0 Å². The Labute approximate surface area is 94.9 Å². The molecule has 0 aliphatic carbocycles. The molecule has 0 amide bonds. The van der Waals surface area contributed by atoms with Crippen molar-refractivity contribution >= 4 is 28.0 Å². The summed E-state index contributed by atoms with van der Waals surface area (Å²) in [5.41, 5.74) is 0.624. The molecule has 0 radical (unpaired) electrons. The fraction of sp³-hybridized carbons (Fsp3) is 0.100. The first-order chi connectivity index (χ1) is 7.04. The smallest absolute Gasteiger partial charge is 0.342 e. The molecule has 4 nitrogen and oxygen atoms in total. The van der Waals surface area contributed by atoms with Gasteiger partial charge >= 0.3 is 5.97 Å². The summed E-state index contributed by atoms with van der Waals surface area (Å²) in [6.07, 6.45) is 1.42. The van der Waals surface area contributed by atoms with Crippen LogP contribution in [0.2, 0.25) is 0 Å². The lowest BCUT2D eigenvalue weighted by atomic mass is 10.2. The second-order valence-electron chi connectivity index (χ2n) is 2.73. The predicted molar refractivity (Wildman–Crippen MR) is 59.2 cm³/mol. The zero-order valence-corrected chi connectivity index (χ0v) is 9.48. The number of hydrogen-bond acceptors (Lipinski definition) is 3. The van der Waals surface area contributed by atoms with Gasteiger partial charge in [0.15, 0.2) is 11.5 Å². The molecule has 15 heavy (non-hydrogen) atoms. The number of carboxylic acids is 1. The molecule has 1 rings (SSSR count). The van der Waals surface area contributed by atoms with Crippen LogP contribution in [-0.2, 0) is 4.79 Å². The first-order valence-electron chi connectivity index (χ1n) is 4.02. The molecule has 0 fully saturated rings. The predicted octanol–water partition coefficient (Wildman–Crippen LogP) is 2.22. The van der Waals surface area contributed by atoms with Gasteiger partial charge in [0, 0.05) is 0 Å². The zero-order valence-electron chi connectivity index (χ0n) is 7.90. The average Bonchev–Trinajstić information content (AvgIpc) is 2.20. The number of halogens is 1. The van der Waals surface area contributed by atoms with Crippen LogP contribution >= 0.6 is 15.9 Å². The Kier molecular flexibility index (Phi) is 3.74. The van der Waals surface area contributed by atoms with E-state index in [1.165, 1.54) is 19.3 Å². The van der Waals surface area contributed by atoms with Gasteiger partial charge in [-0.2, -0.15) is 0 Å². The largest absolute Gasteiger partial charge is 0.504 e. The molecule has 5 heteroatoms. The molecular weight excluding hydrogens is 264 g/mol. The zero-order chi connectivity index (χ0) is 11.4.